The zero-order valence-electron chi connectivity index (χ0n) is 16.0. The molecule has 1 atom stereocenters. The molecule has 7 nitrogen and oxygen atoms in total. The number of quaternary nitrogens is 1. The average Bonchev–Trinajstić information content (AvgIpc) is 3.03. The maximum absolute atomic E-state index is 13.0. The van der Waals surface area contributed by atoms with Gasteiger partial charge in [-0.3, -0.25) is 14.4 Å². The third-order valence-electron chi connectivity index (χ3n) is 5.74. The molecule has 0 radical (unpaired) electrons. The van der Waals surface area contributed by atoms with Crippen LogP contribution in [0, 0.1) is 5.92 Å². The minimum Gasteiger partial charge on any atom is -0.457 e. The van der Waals surface area contributed by atoms with E-state index >= 15 is 0 Å². The Kier molecular flexibility index (Phi) is 5.31. The summed E-state index contributed by atoms with van der Waals surface area (Å²) >= 11 is 0. The third-order valence-corrected chi connectivity index (χ3v) is 5.74. The molecule has 2 aromatic rings. The second-order valence-electron chi connectivity index (χ2n) is 7.57. The lowest BCUT2D eigenvalue weighted by Gasteiger charge is -2.30. The number of likely N-dealkylation sites (tertiary alicyclic amines) is 1. The van der Waals surface area contributed by atoms with Gasteiger partial charge in [-0.05, 0) is 36.4 Å². The number of benzene rings is 2. The summed E-state index contributed by atoms with van der Waals surface area (Å²) in [6.07, 6.45) is 1.51. The van der Waals surface area contributed by atoms with Crippen molar-refractivity contribution in [3.05, 3.63) is 54.6 Å². The molecular formula is C22H24N3O4+. The zero-order chi connectivity index (χ0) is 20.4. The van der Waals surface area contributed by atoms with Crippen molar-refractivity contribution in [2.45, 2.75) is 25.3 Å². The van der Waals surface area contributed by atoms with E-state index < -0.39 is 6.04 Å². The Morgan fingerprint density at radius 3 is 2.21 bits per heavy atom. The number of anilines is 1. The predicted molar refractivity (Wildman–Crippen MR) is 106 cm³/mol. The summed E-state index contributed by atoms with van der Waals surface area (Å²) in [6, 6.07) is 16.0. The van der Waals surface area contributed by atoms with Gasteiger partial charge in [0, 0.05) is 18.8 Å². The van der Waals surface area contributed by atoms with Crippen molar-refractivity contribution in [1.29, 1.82) is 0 Å². The fraction of sp³-hybridized carbons (Fsp3) is 0.318. The number of nitrogens with zero attached hydrogens (tertiary/aromatic N) is 1. The maximum Gasteiger partial charge on any atom is 0.292 e. The Hall–Kier alpha value is -3.19. The molecule has 4 rings (SSSR count). The lowest BCUT2D eigenvalue weighted by molar-refractivity contribution is -0.920. The highest BCUT2D eigenvalue weighted by molar-refractivity contribution is 6.21. The van der Waals surface area contributed by atoms with Crippen LogP contribution in [0.3, 0.4) is 0 Å². The molecule has 2 aliphatic rings. The van der Waals surface area contributed by atoms with Crippen LogP contribution in [0.1, 0.15) is 19.3 Å². The van der Waals surface area contributed by atoms with Gasteiger partial charge in [-0.25, -0.2) is 4.90 Å². The molecule has 0 aromatic heterocycles. The summed E-state index contributed by atoms with van der Waals surface area (Å²) in [5, 5.41) is 0. The zero-order valence-corrected chi connectivity index (χ0v) is 16.0. The van der Waals surface area contributed by atoms with Crippen molar-refractivity contribution in [3.63, 3.8) is 0 Å². The van der Waals surface area contributed by atoms with Gasteiger partial charge in [0.15, 0.2) is 6.04 Å². The average molecular weight is 394 g/mol. The van der Waals surface area contributed by atoms with Gasteiger partial charge in [-0.1, -0.05) is 18.2 Å². The van der Waals surface area contributed by atoms with Gasteiger partial charge in [-0.15, -0.1) is 0 Å². The molecule has 0 aliphatic carbocycles. The van der Waals surface area contributed by atoms with Crippen molar-refractivity contribution in [1.82, 2.24) is 0 Å². The number of carbonyl (C=O) groups is 3. The Labute approximate surface area is 169 Å². The van der Waals surface area contributed by atoms with Crippen LogP contribution in [0.25, 0.3) is 0 Å². The van der Waals surface area contributed by atoms with Gasteiger partial charge in [0.05, 0.1) is 25.2 Å². The van der Waals surface area contributed by atoms with Crippen molar-refractivity contribution in [2.75, 3.05) is 18.0 Å². The van der Waals surface area contributed by atoms with Crippen LogP contribution in [0.2, 0.25) is 0 Å². The number of ether oxygens (including phenoxy) is 1. The van der Waals surface area contributed by atoms with Crippen molar-refractivity contribution in [2.24, 2.45) is 11.7 Å². The smallest absolute Gasteiger partial charge is 0.292 e. The van der Waals surface area contributed by atoms with Gasteiger partial charge in [0.2, 0.25) is 11.8 Å². The van der Waals surface area contributed by atoms with E-state index in [2.05, 4.69) is 0 Å². The van der Waals surface area contributed by atoms with E-state index in [0.29, 0.717) is 37.4 Å². The molecule has 0 unspecified atom stereocenters. The highest BCUT2D eigenvalue weighted by Crippen LogP contribution is 2.27. The molecule has 0 saturated carbocycles. The number of nitrogens with one attached hydrogen (secondary N) is 1. The van der Waals surface area contributed by atoms with Crippen LogP contribution in [-0.2, 0) is 14.4 Å². The molecule has 2 aliphatic heterocycles. The topological polar surface area (TPSA) is 94.1 Å². The van der Waals surface area contributed by atoms with Crippen molar-refractivity contribution < 1.29 is 24.0 Å². The van der Waals surface area contributed by atoms with E-state index in [1.807, 2.05) is 30.3 Å². The Morgan fingerprint density at radius 1 is 0.966 bits per heavy atom. The molecular weight excluding hydrogens is 370 g/mol. The van der Waals surface area contributed by atoms with Gasteiger partial charge in [0.25, 0.3) is 5.91 Å². The minimum atomic E-state index is -0.392. The standard InChI is InChI=1S/C22H23N3O4/c23-21(27)15-10-12-24(13-11-15)19-14-20(26)25(22(19)28)16-6-8-18(9-7-16)29-17-4-2-1-3-5-17/h1-9,15,19H,10-14H2,(H2,23,27)/p+1/t19-/m0/s1. The lowest BCUT2D eigenvalue weighted by Crippen LogP contribution is -3.17. The first kappa shape index (κ1) is 19.1. The molecule has 29 heavy (non-hydrogen) atoms. The molecule has 0 spiro atoms. The van der Waals surface area contributed by atoms with E-state index in [1.165, 1.54) is 4.90 Å². The Balaban J connectivity index is 1.43. The molecule has 2 saturated heterocycles. The minimum absolute atomic E-state index is 0.126. The van der Waals surface area contributed by atoms with Crippen LogP contribution < -0.4 is 20.3 Å². The van der Waals surface area contributed by atoms with Crippen molar-refractivity contribution >= 4 is 23.4 Å². The molecule has 3 N–H and O–H groups in total. The number of carbonyl (C=O) groups excluding carboxylic acids is 3. The van der Waals surface area contributed by atoms with Gasteiger partial charge < -0.3 is 15.4 Å². The molecule has 7 heteroatoms. The Morgan fingerprint density at radius 2 is 1.59 bits per heavy atom. The molecule has 3 amide bonds. The first-order valence-corrected chi connectivity index (χ1v) is 9.86. The highest BCUT2D eigenvalue weighted by Gasteiger charge is 2.46. The number of hydrogen-bond donors (Lipinski definition) is 2. The fourth-order valence-corrected chi connectivity index (χ4v) is 4.13. The lowest BCUT2D eigenvalue weighted by atomic mass is 9.95. The Bertz CT molecular complexity index is 905. The summed E-state index contributed by atoms with van der Waals surface area (Å²) in [4.78, 5) is 39.2. The summed E-state index contributed by atoms with van der Waals surface area (Å²) < 4.78 is 5.77. The first-order chi connectivity index (χ1) is 14.0. The number of rotatable bonds is 5. The second kappa shape index (κ2) is 8.05. The fourth-order valence-electron chi connectivity index (χ4n) is 4.13. The highest BCUT2D eigenvalue weighted by atomic mass is 16.5. The number of amides is 3. The molecule has 2 heterocycles. The van der Waals surface area contributed by atoms with E-state index in [4.69, 9.17) is 10.5 Å². The second-order valence-corrected chi connectivity index (χ2v) is 7.57. The SMILES string of the molecule is NC(=O)C1CC[NH+]([C@H]2CC(=O)N(c3ccc(Oc4ccccc4)cc3)C2=O)CC1. The number of nitrogens with two attached hydrogens (primary N) is 1. The quantitative estimate of drug-likeness (QED) is 0.737. The maximum atomic E-state index is 13.0. The van der Waals surface area contributed by atoms with Crippen LogP contribution in [0.5, 0.6) is 11.5 Å². The molecule has 0 bridgehead atoms. The first-order valence-electron chi connectivity index (χ1n) is 9.86. The molecule has 150 valence electrons. The van der Waals surface area contributed by atoms with Crippen LogP contribution >= 0.6 is 0 Å². The third kappa shape index (κ3) is 4.00. The predicted octanol–water partition coefficient (Wildman–Crippen LogP) is 0.891. The van der Waals surface area contributed by atoms with E-state index in [0.717, 1.165) is 10.6 Å². The number of piperidine rings is 1. The van der Waals surface area contributed by atoms with E-state index in [-0.39, 0.29) is 30.1 Å². The van der Waals surface area contributed by atoms with Crippen LogP contribution in [0.15, 0.2) is 54.6 Å². The van der Waals surface area contributed by atoms with Gasteiger partial charge in [-0.2, -0.15) is 0 Å². The summed E-state index contributed by atoms with van der Waals surface area (Å²) in [5.74, 6) is 0.573. The largest absolute Gasteiger partial charge is 0.457 e. The number of hydrogen-bond acceptors (Lipinski definition) is 4. The molecule has 2 aromatic carbocycles. The normalized spacial score (nSPS) is 24.6. The van der Waals surface area contributed by atoms with E-state index in [9.17, 15) is 14.4 Å². The number of imide groups is 1. The van der Waals surface area contributed by atoms with Gasteiger partial charge in [0.1, 0.15) is 11.5 Å². The van der Waals surface area contributed by atoms with Gasteiger partial charge >= 0.3 is 0 Å². The number of para-hydroxylation sites is 1. The summed E-state index contributed by atoms with van der Waals surface area (Å²) in [5.41, 5.74) is 5.94. The van der Waals surface area contributed by atoms with Crippen LogP contribution in [-0.4, -0.2) is 36.9 Å². The molecule has 2 fully saturated rings. The monoisotopic (exact) mass is 394 g/mol. The van der Waals surface area contributed by atoms with Crippen molar-refractivity contribution in [3.8, 4) is 11.5 Å². The summed E-state index contributed by atoms with van der Waals surface area (Å²) in [7, 11) is 0. The van der Waals surface area contributed by atoms with Crippen LogP contribution in [0.4, 0.5) is 5.69 Å². The number of primary amides is 1. The van der Waals surface area contributed by atoms with E-state index in [1.54, 1.807) is 24.3 Å². The summed E-state index contributed by atoms with van der Waals surface area (Å²) in [6.45, 7) is 1.35.